The lowest BCUT2D eigenvalue weighted by atomic mass is 10.0. The summed E-state index contributed by atoms with van der Waals surface area (Å²) in [5.41, 5.74) is 0. The normalized spacial score (nSPS) is 31.3. The van der Waals surface area contributed by atoms with E-state index in [0.29, 0.717) is 13.0 Å². The Kier molecular flexibility index (Phi) is 4.50. The second kappa shape index (κ2) is 5.79. The first-order valence-corrected chi connectivity index (χ1v) is 8.98. The zero-order valence-corrected chi connectivity index (χ0v) is 12.7. The Balaban J connectivity index is 2.07. The molecule has 2 fully saturated rings. The summed E-state index contributed by atoms with van der Waals surface area (Å²) in [5, 5.41) is 0. The van der Waals surface area contributed by atoms with E-state index in [9.17, 15) is 13.2 Å². The molecule has 110 valence electrons. The first-order valence-electron chi connectivity index (χ1n) is 7.16. The molecule has 0 aromatic carbocycles. The van der Waals surface area contributed by atoms with Gasteiger partial charge in [0.25, 0.3) is 0 Å². The van der Waals surface area contributed by atoms with Crippen LogP contribution in [0.15, 0.2) is 0 Å². The minimum atomic E-state index is -2.94. The minimum absolute atomic E-state index is 0.0583. The number of piperidine rings is 1. The second-order valence-corrected chi connectivity index (χ2v) is 7.90. The molecule has 0 N–H and O–H groups in total. The van der Waals surface area contributed by atoms with Gasteiger partial charge in [0, 0.05) is 12.6 Å². The van der Waals surface area contributed by atoms with Crippen molar-refractivity contribution in [2.75, 3.05) is 31.6 Å². The van der Waals surface area contributed by atoms with Crippen LogP contribution in [0, 0.1) is 0 Å². The van der Waals surface area contributed by atoms with Crippen molar-refractivity contribution in [1.82, 2.24) is 9.80 Å². The summed E-state index contributed by atoms with van der Waals surface area (Å²) in [7, 11) is -0.949. The molecular weight excluding hydrogens is 264 g/mol. The molecule has 2 aliphatic heterocycles. The first kappa shape index (κ1) is 14.8. The van der Waals surface area contributed by atoms with E-state index in [1.165, 1.54) is 0 Å². The number of nitrogens with zero attached hydrogens (tertiary/aromatic N) is 2. The minimum Gasteiger partial charge on any atom is -0.338 e. The number of carbonyl (C=O) groups is 1. The van der Waals surface area contributed by atoms with Crippen LogP contribution in [-0.2, 0) is 14.6 Å². The number of hydrogen-bond donors (Lipinski definition) is 0. The zero-order valence-electron chi connectivity index (χ0n) is 11.8. The van der Waals surface area contributed by atoms with Crippen LogP contribution < -0.4 is 0 Å². The molecular formula is C13H24N2O3S. The number of amides is 1. The van der Waals surface area contributed by atoms with E-state index in [1.54, 1.807) is 4.90 Å². The maximum Gasteiger partial charge on any atom is 0.240 e. The van der Waals surface area contributed by atoms with E-state index < -0.39 is 9.84 Å². The van der Waals surface area contributed by atoms with E-state index >= 15 is 0 Å². The van der Waals surface area contributed by atoms with E-state index in [2.05, 4.69) is 4.90 Å². The van der Waals surface area contributed by atoms with Crippen molar-refractivity contribution < 1.29 is 13.2 Å². The third-order valence-corrected chi connectivity index (χ3v) is 6.08. The van der Waals surface area contributed by atoms with Gasteiger partial charge in [0.2, 0.25) is 5.91 Å². The van der Waals surface area contributed by atoms with Gasteiger partial charge >= 0.3 is 0 Å². The van der Waals surface area contributed by atoms with Crippen molar-refractivity contribution in [3.63, 3.8) is 0 Å². The third kappa shape index (κ3) is 3.28. The lowest BCUT2D eigenvalue weighted by Gasteiger charge is -2.37. The van der Waals surface area contributed by atoms with E-state index in [-0.39, 0.29) is 29.5 Å². The summed E-state index contributed by atoms with van der Waals surface area (Å²) >= 11 is 0. The van der Waals surface area contributed by atoms with Crippen LogP contribution in [0.2, 0.25) is 0 Å². The lowest BCUT2D eigenvalue weighted by molar-refractivity contribution is -0.139. The molecule has 2 heterocycles. The Morgan fingerprint density at radius 1 is 1.32 bits per heavy atom. The molecule has 5 nitrogen and oxygen atoms in total. The zero-order chi connectivity index (χ0) is 14.0. The SMILES string of the molecule is CCN(C(=O)C1CCCCN1C)C1CCS(=O)(=O)C1. The molecule has 0 saturated carbocycles. The van der Waals surface area contributed by atoms with Crippen LogP contribution in [0.25, 0.3) is 0 Å². The number of likely N-dealkylation sites (tertiary alicyclic amines) is 1. The fraction of sp³-hybridized carbons (Fsp3) is 0.923. The van der Waals surface area contributed by atoms with Gasteiger partial charge in [-0.15, -0.1) is 0 Å². The van der Waals surface area contributed by atoms with Crippen LogP contribution in [0.1, 0.15) is 32.6 Å². The van der Waals surface area contributed by atoms with Crippen molar-refractivity contribution in [2.45, 2.75) is 44.7 Å². The number of rotatable bonds is 3. The van der Waals surface area contributed by atoms with Crippen molar-refractivity contribution in [3.05, 3.63) is 0 Å². The average Bonchev–Trinajstić information content (AvgIpc) is 2.71. The Morgan fingerprint density at radius 2 is 2.05 bits per heavy atom. The Hall–Kier alpha value is -0.620. The smallest absolute Gasteiger partial charge is 0.240 e. The highest BCUT2D eigenvalue weighted by molar-refractivity contribution is 7.91. The van der Waals surface area contributed by atoms with Gasteiger partial charge in [0.1, 0.15) is 0 Å². The largest absolute Gasteiger partial charge is 0.338 e. The summed E-state index contributed by atoms with van der Waals surface area (Å²) in [6.45, 7) is 3.49. The summed E-state index contributed by atoms with van der Waals surface area (Å²) in [5.74, 6) is 0.483. The van der Waals surface area contributed by atoms with Crippen LogP contribution in [0.4, 0.5) is 0 Å². The van der Waals surface area contributed by atoms with Gasteiger partial charge in [-0.05, 0) is 39.8 Å². The topological polar surface area (TPSA) is 57.7 Å². The third-order valence-electron chi connectivity index (χ3n) is 4.33. The van der Waals surface area contributed by atoms with E-state index in [1.807, 2.05) is 14.0 Å². The molecule has 0 aromatic heterocycles. The van der Waals surface area contributed by atoms with Crippen molar-refractivity contribution in [2.24, 2.45) is 0 Å². The molecule has 0 aliphatic carbocycles. The Morgan fingerprint density at radius 3 is 2.58 bits per heavy atom. The van der Waals surface area contributed by atoms with Gasteiger partial charge in [-0.2, -0.15) is 0 Å². The van der Waals surface area contributed by atoms with Gasteiger partial charge in [-0.3, -0.25) is 9.69 Å². The van der Waals surface area contributed by atoms with Crippen molar-refractivity contribution in [3.8, 4) is 0 Å². The summed E-state index contributed by atoms with van der Waals surface area (Å²) in [6.07, 6.45) is 3.72. The molecule has 2 atom stereocenters. The highest BCUT2D eigenvalue weighted by atomic mass is 32.2. The van der Waals surface area contributed by atoms with E-state index in [4.69, 9.17) is 0 Å². The van der Waals surface area contributed by atoms with Gasteiger partial charge in [0.05, 0.1) is 17.5 Å². The maximum absolute atomic E-state index is 12.6. The van der Waals surface area contributed by atoms with Crippen LogP contribution >= 0.6 is 0 Å². The number of sulfone groups is 1. The number of carbonyl (C=O) groups excluding carboxylic acids is 1. The molecule has 0 spiro atoms. The fourth-order valence-electron chi connectivity index (χ4n) is 3.19. The van der Waals surface area contributed by atoms with Gasteiger partial charge in [-0.1, -0.05) is 6.42 Å². The quantitative estimate of drug-likeness (QED) is 0.759. The van der Waals surface area contributed by atoms with Gasteiger partial charge < -0.3 is 4.90 Å². The standard InChI is InChI=1S/C13H24N2O3S/c1-3-15(11-7-9-19(17,18)10-11)13(16)12-6-4-5-8-14(12)2/h11-12H,3-10H2,1-2H3. The Labute approximate surface area is 115 Å². The number of likely N-dealkylation sites (N-methyl/N-ethyl adjacent to an activating group) is 2. The maximum atomic E-state index is 12.6. The monoisotopic (exact) mass is 288 g/mol. The van der Waals surface area contributed by atoms with E-state index in [0.717, 1.165) is 25.8 Å². The predicted octanol–water partition coefficient (Wildman–Crippen LogP) is 0.506. The summed E-state index contributed by atoms with van der Waals surface area (Å²) < 4.78 is 23.2. The van der Waals surface area contributed by atoms with Crippen LogP contribution in [0.3, 0.4) is 0 Å². The number of hydrogen-bond acceptors (Lipinski definition) is 4. The van der Waals surface area contributed by atoms with Crippen LogP contribution in [0.5, 0.6) is 0 Å². The molecule has 19 heavy (non-hydrogen) atoms. The van der Waals surface area contributed by atoms with Crippen molar-refractivity contribution in [1.29, 1.82) is 0 Å². The summed E-state index contributed by atoms with van der Waals surface area (Å²) in [6, 6.07) is -0.171. The molecule has 2 unspecified atom stereocenters. The highest BCUT2D eigenvalue weighted by Crippen LogP contribution is 2.22. The fourth-order valence-corrected chi connectivity index (χ4v) is 4.92. The molecule has 6 heteroatoms. The molecule has 1 amide bonds. The predicted molar refractivity (Wildman–Crippen MR) is 74.7 cm³/mol. The van der Waals surface area contributed by atoms with Crippen molar-refractivity contribution >= 4 is 15.7 Å². The average molecular weight is 288 g/mol. The molecule has 0 aromatic rings. The molecule has 2 saturated heterocycles. The molecule has 0 radical (unpaired) electrons. The molecule has 2 rings (SSSR count). The first-order chi connectivity index (χ1) is 8.94. The summed E-state index contributed by atoms with van der Waals surface area (Å²) in [4.78, 5) is 16.5. The van der Waals surface area contributed by atoms with Gasteiger partial charge in [-0.25, -0.2) is 8.42 Å². The Bertz CT molecular complexity index is 435. The van der Waals surface area contributed by atoms with Gasteiger partial charge in [0.15, 0.2) is 9.84 Å². The highest BCUT2D eigenvalue weighted by Gasteiger charge is 2.37. The van der Waals surface area contributed by atoms with Crippen LogP contribution in [-0.4, -0.2) is 67.9 Å². The lowest BCUT2D eigenvalue weighted by Crippen LogP contribution is -2.52. The molecule has 2 aliphatic rings. The second-order valence-electron chi connectivity index (χ2n) is 5.67. The molecule has 0 bridgehead atoms.